The normalized spacial score (nSPS) is 12.0. The molecule has 0 radical (unpaired) electrons. The van der Waals surface area contributed by atoms with Crippen molar-refractivity contribution in [3.63, 3.8) is 0 Å². The molecular weight excluding hydrogens is 917 g/mol. The maximum atomic E-state index is 6.47. The molecule has 0 amide bonds. The van der Waals surface area contributed by atoms with Crippen LogP contribution in [-0.4, -0.2) is 14.0 Å². The number of pyridine rings is 1. The van der Waals surface area contributed by atoms with E-state index < -0.39 is 0 Å². The van der Waals surface area contributed by atoms with E-state index in [-0.39, 0.29) is 0 Å². The van der Waals surface area contributed by atoms with Crippen molar-refractivity contribution >= 4 is 110 Å². The molecule has 0 atom stereocenters. The van der Waals surface area contributed by atoms with Gasteiger partial charge in [-0.3, -0.25) is 8.97 Å². The van der Waals surface area contributed by atoms with Crippen LogP contribution in [0.25, 0.3) is 132 Å². The largest absolute Gasteiger partial charge is 0.455 e. The third-order valence-corrected chi connectivity index (χ3v) is 15.3. The molecule has 0 saturated heterocycles. The Balaban J connectivity index is 0.783. The molecular formula is C69H42N4O2. The van der Waals surface area contributed by atoms with E-state index in [0.717, 1.165) is 139 Å². The molecule has 0 fully saturated rings. The van der Waals surface area contributed by atoms with E-state index in [2.05, 4.69) is 244 Å². The average molecular weight is 959 g/mol. The highest BCUT2D eigenvalue weighted by Gasteiger charge is 2.22. The third kappa shape index (κ3) is 6.30. The molecule has 5 aromatic heterocycles. The van der Waals surface area contributed by atoms with Gasteiger partial charge in [-0.25, -0.2) is 4.98 Å². The second-order valence-electron chi connectivity index (χ2n) is 19.4. The standard InChI is InChI=1S/C69H42N4O2/c1-2-17-59-53(13-1)54-14-3-7-23-61(54)73-68(59)70-65-60-18-4-8-24-62(60)72(69(65)73)50-37-29-44(30-38-50)43-27-35-47(36-28-43)71(48-39-31-45(32-40-48)51-19-11-21-57-55-15-5-9-25-63(55)74-66(51)57)49-41-33-46(34-42-49)52-20-12-22-58-56-16-6-10-26-64(56)75-67(52)58/h1-42H. The summed E-state index contributed by atoms with van der Waals surface area (Å²) in [6.07, 6.45) is 0. The third-order valence-electron chi connectivity index (χ3n) is 15.3. The predicted molar refractivity (Wildman–Crippen MR) is 310 cm³/mol. The number of hydrogen-bond donors (Lipinski definition) is 0. The highest BCUT2D eigenvalue weighted by Crippen LogP contribution is 2.43. The fourth-order valence-corrected chi connectivity index (χ4v) is 11.8. The van der Waals surface area contributed by atoms with Crippen LogP contribution >= 0.6 is 0 Å². The Labute approximate surface area is 429 Å². The molecule has 0 saturated carbocycles. The molecule has 0 unspecified atom stereocenters. The summed E-state index contributed by atoms with van der Waals surface area (Å²) < 4.78 is 17.7. The lowest BCUT2D eigenvalue weighted by Crippen LogP contribution is -2.09. The van der Waals surface area contributed by atoms with Crippen LogP contribution < -0.4 is 4.90 Å². The predicted octanol–water partition coefficient (Wildman–Crippen LogP) is 19.0. The number of fused-ring (bicyclic) bond motifs is 16. The summed E-state index contributed by atoms with van der Waals surface area (Å²) in [5.74, 6) is 0. The van der Waals surface area contributed by atoms with E-state index in [1.54, 1.807) is 0 Å². The van der Waals surface area contributed by atoms with Crippen LogP contribution in [0.2, 0.25) is 0 Å². The summed E-state index contributed by atoms with van der Waals surface area (Å²) in [4.78, 5) is 7.73. The van der Waals surface area contributed by atoms with E-state index in [0.29, 0.717) is 0 Å². The molecule has 75 heavy (non-hydrogen) atoms. The van der Waals surface area contributed by atoms with Gasteiger partial charge in [0.05, 0.1) is 11.0 Å². The van der Waals surface area contributed by atoms with Gasteiger partial charge in [-0.1, -0.05) is 182 Å². The van der Waals surface area contributed by atoms with Crippen LogP contribution in [0.15, 0.2) is 264 Å². The average Bonchev–Trinajstić information content (AvgIpc) is 4.25. The molecule has 0 aliphatic carbocycles. The van der Waals surface area contributed by atoms with Gasteiger partial charge in [-0.05, 0) is 100 Å². The van der Waals surface area contributed by atoms with E-state index in [1.165, 1.54) is 10.8 Å². The van der Waals surface area contributed by atoms with E-state index >= 15 is 0 Å². The van der Waals surface area contributed by atoms with Crippen molar-refractivity contribution in [1.29, 1.82) is 0 Å². The Morgan fingerprint density at radius 1 is 0.320 bits per heavy atom. The van der Waals surface area contributed by atoms with E-state index in [9.17, 15) is 0 Å². The summed E-state index contributed by atoms with van der Waals surface area (Å²) >= 11 is 0. The number of aromatic nitrogens is 3. The highest BCUT2D eigenvalue weighted by atomic mass is 16.3. The molecule has 0 aliphatic heterocycles. The van der Waals surface area contributed by atoms with Crippen LogP contribution in [0.5, 0.6) is 0 Å². The minimum Gasteiger partial charge on any atom is -0.455 e. The number of rotatable bonds is 7. The minimum absolute atomic E-state index is 0.893. The molecule has 0 spiro atoms. The van der Waals surface area contributed by atoms with Crippen molar-refractivity contribution in [2.45, 2.75) is 0 Å². The van der Waals surface area contributed by atoms with Crippen molar-refractivity contribution in [2.24, 2.45) is 0 Å². The Morgan fingerprint density at radius 2 is 0.747 bits per heavy atom. The number of anilines is 3. The summed E-state index contributed by atoms with van der Waals surface area (Å²) in [5, 5.41) is 9.17. The molecule has 16 rings (SSSR count). The first kappa shape index (κ1) is 41.4. The van der Waals surface area contributed by atoms with Crippen LogP contribution in [0, 0.1) is 0 Å². The van der Waals surface area contributed by atoms with Crippen molar-refractivity contribution < 1.29 is 8.83 Å². The van der Waals surface area contributed by atoms with Gasteiger partial charge in [0.25, 0.3) is 0 Å². The highest BCUT2D eigenvalue weighted by molar-refractivity contribution is 6.17. The van der Waals surface area contributed by atoms with Crippen LogP contribution in [0.4, 0.5) is 17.1 Å². The summed E-state index contributed by atoms with van der Waals surface area (Å²) in [7, 11) is 0. The number of nitrogens with zero attached hydrogens (tertiary/aromatic N) is 4. The van der Waals surface area contributed by atoms with Crippen molar-refractivity contribution in [1.82, 2.24) is 14.0 Å². The molecule has 0 bridgehead atoms. The lowest BCUT2D eigenvalue weighted by Gasteiger charge is -2.26. The van der Waals surface area contributed by atoms with Gasteiger partial charge in [0.1, 0.15) is 33.5 Å². The molecule has 0 N–H and O–H groups in total. The molecule has 6 heteroatoms. The van der Waals surface area contributed by atoms with Crippen molar-refractivity contribution in [3.05, 3.63) is 255 Å². The maximum absolute atomic E-state index is 6.47. The summed E-state index contributed by atoms with van der Waals surface area (Å²) in [6, 6.07) is 90.8. The molecule has 11 aromatic carbocycles. The first-order valence-electron chi connectivity index (χ1n) is 25.4. The fourth-order valence-electron chi connectivity index (χ4n) is 11.8. The second-order valence-corrected chi connectivity index (χ2v) is 19.4. The van der Waals surface area contributed by atoms with Gasteiger partial charge in [-0.2, -0.15) is 0 Å². The Hall–Kier alpha value is -10.2. The second kappa shape index (κ2) is 16.2. The molecule has 5 heterocycles. The van der Waals surface area contributed by atoms with Gasteiger partial charge in [-0.15, -0.1) is 0 Å². The zero-order valence-corrected chi connectivity index (χ0v) is 40.4. The number of para-hydroxylation sites is 6. The SMILES string of the molecule is c1ccc2c(c1)oc1c(-c3ccc(N(c4ccc(-c5ccc(-n6c7ccccc7c7nc8c9ccccc9c9ccccc9n8c76)cc5)cc4)c4ccc(-c5cccc6c5oc5ccccc56)cc4)cc3)cccc12. The van der Waals surface area contributed by atoms with Crippen LogP contribution in [0.1, 0.15) is 0 Å². The first-order valence-corrected chi connectivity index (χ1v) is 25.4. The van der Waals surface area contributed by atoms with Gasteiger partial charge >= 0.3 is 0 Å². The summed E-state index contributed by atoms with van der Waals surface area (Å²) in [6.45, 7) is 0. The first-order chi connectivity index (χ1) is 37.2. The van der Waals surface area contributed by atoms with E-state index in [4.69, 9.17) is 13.8 Å². The van der Waals surface area contributed by atoms with Gasteiger partial charge in [0, 0.05) is 71.6 Å². The van der Waals surface area contributed by atoms with Crippen LogP contribution in [0.3, 0.4) is 0 Å². The molecule has 0 aliphatic rings. The number of imidazole rings is 1. The van der Waals surface area contributed by atoms with Gasteiger partial charge < -0.3 is 13.7 Å². The van der Waals surface area contributed by atoms with Crippen molar-refractivity contribution in [2.75, 3.05) is 4.90 Å². The number of benzene rings is 11. The number of hydrogen-bond acceptors (Lipinski definition) is 4. The zero-order chi connectivity index (χ0) is 49.1. The lowest BCUT2D eigenvalue weighted by atomic mass is 10.0. The summed E-state index contributed by atoms with van der Waals surface area (Å²) in [5.41, 5.74) is 19.6. The fraction of sp³-hybridized carbons (Fsp3) is 0. The molecule has 6 nitrogen and oxygen atoms in total. The zero-order valence-electron chi connectivity index (χ0n) is 40.4. The minimum atomic E-state index is 0.893. The quantitative estimate of drug-likeness (QED) is 0.149. The monoisotopic (exact) mass is 958 g/mol. The van der Waals surface area contributed by atoms with Gasteiger partial charge in [0.15, 0.2) is 5.65 Å². The maximum Gasteiger partial charge on any atom is 0.151 e. The van der Waals surface area contributed by atoms with Crippen LogP contribution in [-0.2, 0) is 0 Å². The van der Waals surface area contributed by atoms with Crippen molar-refractivity contribution in [3.8, 4) is 39.1 Å². The topological polar surface area (TPSA) is 51.8 Å². The smallest absolute Gasteiger partial charge is 0.151 e. The Kier molecular flexibility index (Phi) is 8.94. The van der Waals surface area contributed by atoms with Gasteiger partial charge in [0.2, 0.25) is 0 Å². The lowest BCUT2D eigenvalue weighted by molar-refractivity contribution is 0.669. The van der Waals surface area contributed by atoms with E-state index in [1.807, 2.05) is 24.3 Å². The Morgan fingerprint density at radius 3 is 1.31 bits per heavy atom. The molecule has 350 valence electrons. The number of furan rings is 2. The Bertz CT molecular complexity index is 4770. The molecule has 16 aromatic rings.